The van der Waals surface area contributed by atoms with Gasteiger partial charge in [0.05, 0.1) is 11.9 Å². The van der Waals surface area contributed by atoms with Crippen molar-refractivity contribution in [3.05, 3.63) is 24.2 Å². The van der Waals surface area contributed by atoms with Crippen LogP contribution in [0.1, 0.15) is 33.4 Å². The highest BCUT2D eigenvalue weighted by atomic mass is 19.4. The lowest BCUT2D eigenvalue weighted by molar-refractivity contribution is -0.141. The Labute approximate surface area is 145 Å². The normalized spacial score (nSPS) is 12.2. The number of alkyl halides is 3. The highest BCUT2D eigenvalue weighted by Gasteiger charge is 2.34. The van der Waals surface area contributed by atoms with Gasteiger partial charge in [-0.1, -0.05) is 27.7 Å². The molecule has 0 saturated heterocycles. The van der Waals surface area contributed by atoms with Crippen molar-refractivity contribution in [2.45, 2.75) is 33.9 Å². The largest absolute Gasteiger partial charge is 0.433 e. The van der Waals surface area contributed by atoms with Crippen molar-refractivity contribution in [3.8, 4) is 11.3 Å². The predicted octanol–water partition coefficient (Wildman–Crippen LogP) is 4.01. The lowest BCUT2D eigenvalue weighted by Gasteiger charge is -2.27. The topological polar surface area (TPSA) is 46.8 Å². The number of hydrogen-bond acceptors (Lipinski definition) is 4. The van der Waals surface area contributed by atoms with Crippen molar-refractivity contribution in [1.82, 2.24) is 19.7 Å². The molecule has 2 aromatic rings. The molecule has 2 heterocycles. The number of anilines is 1. The van der Waals surface area contributed by atoms with Crippen LogP contribution in [0.2, 0.25) is 0 Å². The first-order chi connectivity index (χ1) is 11.6. The molecule has 0 aliphatic heterocycles. The zero-order valence-electron chi connectivity index (χ0n) is 15.2. The lowest BCUT2D eigenvalue weighted by atomic mass is 10.1. The number of halogens is 3. The first-order valence-corrected chi connectivity index (χ1v) is 8.26. The van der Waals surface area contributed by atoms with Crippen molar-refractivity contribution in [2.24, 2.45) is 18.9 Å². The Bertz CT molecular complexity index is 697. The molecular weight excluding hydrogens is 331 g/mol. The highest BCUT2D eigenvalue weighted by Crippen LogP contribution is 2.32. The Kier molecular flexibility index (Phi) is 5.69. The van der Waals surface area contributed by atoms with Crippen LogP contribution in [0.25, 0.3) is 11.3 Å². The number of nitrogens with zero attached hydrogens (tertiary/aromatic N) is 5. The summed E-state index contributed by atoms with van der Waals surface area (Å²) in [6.07, 6.45) is -1.39. The molecule has 0 amide bonds. The van der Waals surface area contributed by atoms with Crippen LogP contribution in [0.15, 0.2) is 18.5 Å². The van der Waals surface area contributed by atoms with E-state index in [0.717, 1.165) is 6.07 Å². The third kappa shape index (κ3) is 5.17. The summed E-state index contributed by atoms with van der Waals surface area (Å²) in [6, 6.07) is 0.976. The Morgan fingerprint density at radius 3 is 2.12 bits per heavy atom. The van der Waals surface area contributed by atoms with Gasteiger partial charge in [0.15, 0.2) is 5.69 Å². The van der Waals surface area contributed by atoms with Gasteiger partial charge in [0.25, 0.3) is 0 Å². The van der Waals surface area contributed by atoms with E-state index < -0.39 is 11.9 Å². The van der Waals surface area contributed by atoms with Crippen LogP contribution in [-0.4, -0.2) is 32.8 Å². The molecule has 0 aromatic carbocycles. The van der Waals surface area contributed by atoms with Crippen LogP contribution in [0, 0.1) is 11.8 Å². The summed E-state index contributed by atoms with van der Waals surface area (Å²) in [4.78, 5) is 10.0. The van der Waals surface area contributed by atoms with Gasteiger partial charge in [-0.2, -0.15) is 18.3 Å². The Morgan fingerprint density at radius 1 is 1.08 bits per heavy atom. The van der Waals surface area contributed by atoms with E-state index in [0.29, 0.717) is 18.7 Å². The molecular formula is C17H24F3N5. The molecule has 0 spiro atoms. The van der Waals surface area contributed by atoms with Gasteiger partial charge in [-0.3, -0.25) is 4.68 Å². The zero-order valence-corrected chi connectivity index (χ0v) is 15.2. The van der Waals surface area contributed by atoms with Gasteiger partial charge in [0.1, 0.15) is 0 Å². The van der Waals surface area contributed by atoms with Crippen LogP contribution in [-0.2, 0) is 13.2 Å². The second kappa shape index (κ2) is 7.41. The lowest BCUT2D eigenvalue weighted by Crippen LogP contribution is -2.33. The van der Waals surface area contributed by atoms with Crippen LogP contribution < -0.4 is 4.90 Å². The minimum atomic E-state index is -4.53. The molecule has 0 radical (unpaired) electrons. The van der Waals surface area contributed by atoms with Crippen molar-refractivity contribution in [2.75, 3.05) is 18.0 Å². The molecule has 138 valence electrons. The van der Waals surface area contributed by atoms with Crippen LogP contribution in [0.5, 0.6) is 0 Å². The van der Waals surface area contributed by atoms with Gasteiger partial charge in [0, 0.05) is 31.9 Å². The number of rotatable bonds is 6. The smallest absolute Gasteiger partial charge is 0.340 e. The number of hydrogen-bond donors (Lipinski definition) is 0. The van der Waals surface area contributed by atoms with Crippen LogP contribution in [0.4, 0.5) is 19.1 Å². The monoisotopic (exact) mass is 355 g/mol. The van der Waals surface area contributed by atoms with Gasteiger partial charge in [-0.25, -0.2) is 9.97 Å². The summed E-state index contributed by atoms with van der Waals surface area (Å²) in [6.45, 7) is 9.25. The average molecular weight is 355 g/mol. The van der Waals surface area contributed by atoms with E-state index in [1.165, 1.54) is 10.9 Å². The van der Waals surface area contributed by atoms with E-state index in [1.807, 2.05) is 32.6 Å². The zero-order chi connectivity index (χ0) is 18.8. The van der Waals surface area contributed by atoms with Gasteiger partial charge in [-0.15, -0.1) is 0 Å². The molecule has 8 heteroatoms. The fourth-order valence-electron chi connectivity index (χ4n) is 2.54. The summed E-state index contributed by atoms with van der Waals surface area (Å²) < 4.78 is 41.5. The third-order valence-electron chi connectivity index (χ3n) is 3.46. The fourth-order valence-corrected chi connectivity index (χ4v) is 2.54. The minimum Gasteiger partial charge on any atom is -0.340 e. The Morgan fingerprint density at radius 2 is 1.68 bits per heavy atom. The Hall–Kier alpha value is -2.12. The van der Waals surface area contributed by atoms with Crippen molar-refractivity contribution >= 4 is 5.95 Å². The molecule has 0 atom stereocenters. The summed E-state index contributed by atoms with van der Waals surface area (Å²) in [7, 11) is 1.71. The maximum atomic E-state index is 13.3. The average Bonchev–Trinajstić information content (AvgIpc) is 2.91. The predicted molar refractivity (Wildman–Crippen MR) is 91.1 cm³/mol. The molecule has 0 saturated carbocycles. The molecule has 0 N–H and O–H groups in total. The standard InChI is InChI=1S/C17H24F3N5/c1-11(2)8-25(9-12(3)4)16-22-14(13-7-21-24(5)10-13)6-15(23-16)17(18,19)20/h6-7,10-12H,8-9H2,1-5H3. The van der Waals surface area contributed by atoms with E-state index in [1.54, 1.807) is 13.2 Å². The maximum Gasteiger partial charge on any atom is 0.433 e. The Balaban J connectivity index is 2.54. The number of aryl methyl sites for hydroxylation is 1. The summed E-state index contributed by atoms with van der Waals surface area (Å²) in [5, 5.41) is 4.02. The molecule has 0 aliphatic carbocycles. The summed E-state index contributed by atoms with van der Waals surface area (Å²) >= 11 is 0. The SMILES string of the molecule is CC(C)CN(CC(C)C)c1nc(-c2cnn(C)c2)cc(C(F)(F)F)n1. The molecule has 0 unspecified atom stereocenters. The second-order valence-electron chi connectivity index (χ2n) is 7.03. The molecule has 2 aromatic heterocycles. The van der Waals surface area contributed by atoms with Gasteiger partial charge >= 0.3 is 6.18 Å². The third-order valence-corrected chi connectivity index (χ3v) is 3.46. The van der Waals surface area contributed by atoms with Crippen LogP contribution >= 0.6 is 0 Å². The van der Waals surface area contributed by atoms with E-state index in [2.05, 4.69) is 15.1 Å². The summed E-state index contributed by atoms with van der Waals surface area (Å²) in [5.74, 6) is 0.661. The molecule has 5 nitrogen and oxygen atoms in total. The van der Waals surface area contributed by atoms with Gasteiger partial charge < -0.3 is 4.90 Å². The van der Waals surface area contributed by atoms with Gasteiger partial charge in [0.2, 0.25) is 5.95 Å². The summed E-state index contributed by atoms with van der Waals surface area (Å²) in [5.41, 5.74) is -0.178. The number of aromatic nitrogens is 4. The quantitative estimate of drug-likeness (QED) is 0.785. The van der Waals surface area contributed by atoms with E-state index in [-0.39, 0.29) is 23.5 Å². The van der Waals surface area contributed by atoms with E-state index >= 15 is 0 Å². The maximum absolute atomic E-state index is 13.3. The van der Waals surface area contributed by atoms with E-state index in [9.17, 15) is 13.2 Å². The van der Waals surface area contributed by atoms with Crippen molar-refractivity contribution in [3.63, 3.8) is 0 Å². The molecule has 0 fully saturated rings. The first-order valence-electron chi connectivity index (χ1n) is 8.26. The molecule has 0 aliphatic rings. The van der Waals surface area contributed by atoms with Crippen molar-refractivity contribution < 1.29 is 13.2 Å². The first kappa shape index (κ1) is 19.2. The molecule has 25 heavy (non-hydrogen) atoms. The fraction of sp³-hybridized carbons (Fsp3) is 0.588. The van der Waals surface area contributed by atoms with Crippen molar-refractivity contribution in [1.29, 1.82) is 0 Å². The molecule has 2 rings (SSSR count). The van der Waals surface area contributed by atoms with Gasteiger partial charge in [-0.05, 0) is 17.9 Å². The second-order valence-corrected chi connectivity index (χ2v) is 7.03. The highest BCUT2D eigenvalue weighted by molar-refractivity contribution is 5.59. The minimum absolute atomic E-state index is 0.107. The van der Waals surface area contributed by atoms with Crippen LogP contribution in [0.3, 0.4) is 0 Å². The molecule has 0 bridgehead atoms. The van der Waals surface area contributed by atoms with E-state index in [4.69, 9.17) is 0 Å².